The summed E-state index contributed by atoms with van der Waals surface area (Å²) in [5.74, 6) is 0.474. The molecule has 4 aromatic rings. The average molecular weight is 475 g/mol. The van der Waals surface area contributed by atoms with Crippen LogP contribution in [-0.4, -0.2) is 29.0 Å². The third-order valence-corrected chi connectivity index (χ3v) is 5.08. The Kier molecular flexibility index (Phi) is 6.24. The van der Waals surface area contributed by atoms with Crippen molar-refractivity contribution < 1.29 is 9.53 Å². The van der Waals surface area contributed by atoms with E-state index in [4.69, 9.17) is 9.84 Å². The highest BCUT2D eigenvalue weighted by atomic mass is 79.9. The molecular weight excluding hydrogens is 456 g/mol. The van der Waals surface area contributed by atoms with Crippen LogP contribution in [0.3, 0.4) is 0 Å². The van der Waals surface area contributed by atoms with Crippen molar-refractivity contribution in [1.82, 2.24) is 15.2 Å². The summed E-state index contributed by atoms with van der Waals surface area (Å²) in [6.07, 6.45) is 3.48. The number of nitrogens with one attached hydrogen (secondary N) is 1. The molecule has 0 aliphatic heterocycles. The molecule has 1 aromatic heterocycles. The molecule has 31 heavy (non-hydrogen) atoms. The third-order valence-electron chi connectivity index (χ3n) is 4.58. The number of carbonyl (C=O) groups excluding carboxylic acids is 1. The molecular formula is C24H19BrN4O2. The van der Waals surface area contributed by atoms with E-state index in [1.165, 1.54) is 0 Å². The van der Waals surface area contributed by atoms with E-state index in [0.717, 1.165) is 32.7 Å². The first-order chi connectivity index (χ1) is 15.1. The number of hydrogen-bond donors (Lipinski definition) is 1. The maximum Gasteiger partial charge on any atom is 0.271 e. The summed E-state index contributed by atoms with van der Waals surface area (Å²) in [6, 6.07) is 24.6. The van der Waals surface area contributed by atoms with Gasteiger partial charge in [-0.1, -0.05) is 40.2 Å². The van der Waals surface area contributed by atoms with Crippen LogP contribution in [0.4, 0.5) is 0 Å². The van der Waals surface area contributed by atoms with Crippen molar-refractivity contribution in [2.24, 2.45) is 5.10 Å². The number of hydrogen-bond acceptors (Lipinski definition) is 4. The summed E-state index contributed by atoms with van der Waals surface area (Å²) >= 11 is 3.37. The van der Waals surface area contributed by atoms with Gasteiger partial charge in [0, 0.05) is 27.4 Å². The zero-order valence-electron chi connectivity index (χ0n) is 16.7. The summed E-state index contributed by atoms with van der Waals surface area (Å²) in [4.78, 5) is 12.4. The molecule has 1 N–H and O–H groups in total. The van der Waals surface area contributed by atoms with Gasteiger partial charge in [-0.05, 0) is 54.6 Å². The molecule has 0 atom stereocenters. The fraction of sp³-hybridized carbons (Fsp3) is 0.0417. The van der Waals surface area contributed by atoms with Crippen molar-refractivity contribution in [1.29, 1.82) is 0 Å². The number of hydrazone groups is 1. The number of carbonyl (C=O) groups is 1. The summed E-state index contributed by atoms with van der Waals surface area (Å²) in [5.41, 5.74) is 6.44. The average Bonchev–Trinajstić information content (AvgIpc) is 3.24. The van der Waals surface area contributed by atoms with E-state index in [2.05, 4.69) is 26.5 Å². The Morgan fingerprint density at radius 2 is 1.84 bits per heavy atom. The molecule has 6 nitrogen and oxygen atoms in total. The second kappa shape index (κ2) is 9.40. The van der Waals surface area contributed by atoms with Gasteiger partial charge in [-0.2, -0.15) is 10.2 Å². The lowest BCUT2D eigenvalue weighted by atomic mass is 10.1. The predicted octanol–water partition coefficient (Wildman–Crippen LogP) is 5.07. The van der Waals surface area contributed by atoms with Crippen LogP contribution in [0.15, 0.2) is 94.6 Å². The number of aromatic nitrogens is 2. The van der Waals surface area contributed by atoms with Crippen molar-refractivity contribution in [2.75, 3.05) is 7.11 Å². The maximum absolute atomic E-state index is 12.4. The van der Waals surface area contributed by atoms with Crippen LogP contribution in [0.5, 0.6) is 5.75 Å². The molecule has 0 aliphatic rings. The largest absolute Gasteiger partial charge is 0.497 e. The van der Waals surface area contributed by atoms with Gasteiger partial charge in [-0.25, -0.2) is 10.1 Å². The van der Waals surface area contributed by atoms with Crippen molar-refractivity contribution in [3.63, 3.8) is 0 Å². The summed E-state index contributed by atoms with van der Waals surface area (Å²) in [7, 11) is 1.63. The first-order valence-corrected chi connectivity index (χ1v) is 10.3. The molecule has 7 heteroatoms. The molecule has 1 amide bonds. The van der Waals surface area contributed by atoms with Gasteiger partial charge >= 0.3 is 0 Å². The highest BCUT2D eigenvalue weighted by molar-refractivity contribution is 9.10. The second-order valence-corrected chi connectivity index (χ2v) is 7.57. The smallest absolute Gasteiger partial charge is 0.271 e. The molecule has 0 radical (unpaired) electrons. The maximum atomic E-state index is 12.4. The Hall–Kier alpha value is -3.71. The Bertz CT molecular complexity index is 1220. The van der Waals surface area contributed by atoms with Gasteiger partial charge in [0.25, 0.3) is 5.91 Å². The van der Waals surface area contributed by atoms with Crippen LogP contribution in [0.25, 0.3) is 16.9 Å². The number of amides is 1. The van der Waals surface area contributed by atoms with E-state index >= 15 is 0 Å². The van der Waals surface area contributed by atoms with Crippen LogP contribution in [0, 0.1) is 0 Å². The molecule has 0 saturated carbocycles. The second-order valence-electron chi connectivity index (χ2n) is 6.65. The molecule has 0 fully saturated rings. The number of nitrogens with zero attached hydrogens (tertiary/aromatic N) is 3. The van der Waals surface area contributed by atoms with Crippen molar-refractivity contribution in [2.45, 2.75) is 0 Å². The van der Waals surface area contributed by atoms with E-state index in [9.17, 15) is 4.79 Å². The molecule has 0 unspecified atom stereocenters. The van der Waals surface area contributed by atoms with Gasteiger partial charge in [0.2, 0.25) is 0 Å². The third kappa shape index (κ3) is 4.90. The summed E-state index contributed by atoms with van der Waals surface area (Å²) in [5, 5.41) is 8.90. The topological polar surface area (TPSA) is 68.5 Å². The van der Waals surface area contributed by atoms with Gasteiger partial charge in [-0.15, -0.1) is 0 Å². The zero-order chi connectivity index (χ0) is 21.6. The zero-order valence-corrected chi connectivity index (χ0v) is 18.3. The van der Waals surface area contributed by atoms with E-state index in [-0.39, 0.29) is 5.91 Å². The van der Waals surface area contributed by atoms with Crippen LogP contribution in [0.1, 0.15) is 15.9 Å². The quantitative estimate of drug-likeness (QED) is 0.313. The van der Waals surface area contributed by atoms with Crippen LogP contribution >= 0.6 is 15.9 Å². The van der Waals surface area contributed by atoms with Gasteiger partial charge in [0.05, 0.1) is 19.0 Å². The molecule has 1 heterocycles. The van der Waals surface area contributed by atoms with E-state index in [1.807, 2.05) is 66.9 Å². The summed E-state index contributed by atoms with van der Waals surface area (Å²) < 4.78 is 7.87. The lowest BCUT2D eigenvalue weighted by Crippen LogP contribution is -2.17. The van der Waals surface area contributed by atoms with Crippen molar-refractivity contribution in [3.05, 3.63) is 101 Å². The molecule has 0 aliphatic carbocycles. The standard InChI is InChI=1S/C24H19BrN4O2/c1-31-22-12-10-17(11-13-22)23-19(16-29(28-23)21-8-3-2-4-9-21)15-26-27-24(30)18-6-5-7-20(25)14-18/h2-16H,1H3,(H,27,30)/b26-15+. The molecule has 0 spiro atoms. The Morgan fingerprint density at radius 3 is 2.55 bits per heavy atom. The molecule has 154 valence electrons. The van der Waals surface area contributed by atoms with Gasteiger partial charge in [0.15, 0.2) is 0 Å². The molecule has 0 bridgehead atoms. The molecule has 4 rings (SSSR count). The number of methoxy groups -OCH3 is 1. The molecule has 0 saturated heterocycles. The minimum absolute atomic E-state index is 0.293. The lowest BCUT2D eigenvalue weighted by molar-refractivity contribution is 0.0955. The normalized spacial score (nSPS) is 10.9. The van der Waals surface area contributed by atoms with E-state index < -0.39 is 0 Å². The number of benzene rings is 3. The number of halogens is 1. The minimum Gasteiger partial charge on any atom is -0.497 e. The fourth-order valence-corrected chi connectivity index (χ4v) is 3.42. The van der Waals surface area contributed by atoms with E-state index in [1.54, 1.807) is 36.2 Å². The van der Waals surface area contributed by atoms with Gasteiger partial charge in [0.1, 0.15) is 11.4 Å². The highest BCUT2D eigenvalue weighted by Gasteiger charge is 2.12. The fourth-order valence-electron chi connectivity index (χ4n) is 3.02. The highest BCUT2D eigenvalue weighted by Crippen LogP contribution is 2.25. The minimum atomic E-state index is -0.293. The summed E-state index contributed by atoms with van der Waals surface area (Å²) in [6.45, 7) is 0. The predicted molar refractivity (Wildman–Crippen MR) is 125 cm³/mol. The Morgan fingerprint density at radius 1 is 1.06 bits per heavy atom. The van der Waals surface area contributed by atoms with E-state index in [0.29, 0.717) is 5.56 Å². The molecule has 3 aromatic carbocycles. The number of para-hydroxylation sites is 1. The van der Waals surface area contributed by atoms with Gasteiger partial charge < -0.3 is 4.74 Å². The van der Waals surface area contributed by atoms with Crippen molar-refractivity contribution >= 4 is 28.1 Å². The first-order valence-electron chi connectivity index (χ1n) is 9.52. The van der Waals surface area contributed by atoms with Crippen LogP contribution in [0.2, 0.25) is 0 Å². The van der Waals surface area contributed by atoms with Crippen molar-refractivity contribution in [3.8, 4) is 22.7 Å². The SMILES string of the molecule is COc1ccc(-c2nn(-c3ccccc3)cc2/C=N/NC(=O)c2cccc(Br)c2)cc1. The monoisotopic (exact) mass is 474 g/mol. The number of rotatable bonds is 6. The Balaban J connectivity index is 1.63. The number of ether oxygens (including phenoxy) is 1. The van der Waals surface area contributed by atoms with Crippen LogP contribution < -0.4 is 10.2 Å². The lowest BCUT2D eigenvalue weighted by Gasteiger charge is -2.03. The van der Waals surface area contributed by atoms with Crippen LogP contribution in [-0.2, 0) is 0 Å². The Labute approximate surface area is 188 Å². The van der Waals surface area contributed by atoms with Gasteiger partial charge in [-0.3, -0.25) is 4.79 Å². The first kappa shape index (κ1) is 20.6.